The Morgan fingerprint density at radius 1 is 1.45 bits per heavy atom. The normalized spacial score (nSPS) is 12.6. The summed E-state index contributed by atoms with van der Waals surface area (Å²) in [7, 11) is 0. The lowest BCUT2D eigenvalue weighted by Gasteiger charge is -2.13. The maximum atomic E-state index is 12.4. The summed E-state index contributed by atoms with van der Waals surface area (Å²) < 4.78 is 6.31. The van der Waals surface area contributed by atoms with Crippen molar-refractivity contribution < 1.29 is 9.32 Å². The van der Waals surface area contributed by atoms with E-state index in [1.165, 1.54) is 4.57 Å². The maximum absolute atomic E-state index is 12.4. The van der Waals surface area contributed by atoms with Gasteiger partial charge in [-0.3, -0.25) is 14.2 Å². The van der Waals surface area contributed by atoms with Crippen molar-refractivity contribution in [3.8, 4) is 0 Å². The molecule has 0 aliphatic rings. The molecule has 7 nitrogen and oxygen atoms in total. The summed E-state index contributed by atoms with van der Waals surface area (Å²) in [5.41, 5.74) is 0.391. The largest absolute Gasteiger partial charge is 0.352 e. The number of hydrogen-bond donors (Lipinski definition) is 1. The monoisotopic (exact) mass is 278 g/mol. The highest BCUT2D eigenvalue weighted by Crippen LogP contribution is 2.11. The third-order valence-electron chi connectivity index (χ3n) is 3.28. The van der Waals surface area contributed by atoms with Crippen LogP contribution in [0.15, 0.2) is 9.32 Å². The molecule has 2 aromatic rings. The molecule has 1 N–H and O–H groups in total. The summed E-state index contributed by atoms with van der Waals surface area (Å²) in [6, 6.07) is 0.0764. The highest BCUT2D eigenvalue weighted by atomic mass is 16.5. The van der Waals surface area contributed by atoms with Gasteiger partial charge in [0, 0.05) is 6.04 Å². The number of carbonyl (C=O) groups excluding carboxylic acids is 1. The minimum absolute atomic E-state index is 0.0530. The molecule has 0 bridgehead atoms. The van der Waals surface area contributed by atoms with E-state index in [2.05, 4.69) is 15.5 Å². The van der Waals surface area contributed by atoms with Gasteiger partial charge < -0.3 is 9.84 Å². The number of nitrogens with zero attached hydrogens (tertiary/aromatic N) is 3. The Hall–Kier alpha value is -2.18. The topological polar surface area (TPSA) is 90.0 Å². The molecule has 20 heavy (non-hydrogen) atoms. The lowest BCUT2D eigenvalue weighted by atomic mass is 10.2. The highest BCUT2D eigenvalue weighted by Gasteiger charge is 2.17. The number of carbonyl (C=O) groups is 1. The van der Waals surface area contributed by atoms with Crippen LogP contribution in [0.2, 0.25) is 0 Å². The van der Waals surface area contributed by atoms with Gasteiger partial charge in [-0.05, 0) is 27.2 Å². The van der Waals surface area contributed by atoms with Crippen molar-refractivity contribution in [2.24, 2.45) is 0 Å². The average Bonchev–Trinajstić information content (AvgIpc) is 2.75. The fourth-order valence-electron chi connectivity index (χ4n) is 1.92. The smallest absolute Gasteiger partial charge is 0.267 e. The zero-order chi connectivity index (χ0) is 14.9. The minimum Gasteiger partial charge on any atom is -0.352 e. The van der Waals surface area contributed by atoms with Gasteiger partial charge in [0.25, 0.3) is 11.3 Å². The first-order valence-electron chi connectivity index (χ1n) is 6.56. The van der Waals surface area contributed by atoms with E-state index in [9.17, 15) is 9.59 Å². The molecule has 0 saturated carbocycles. The summed E-state index contributed by atoms with van der Waals surface area (Å²) in [6.45, 7) is 7.18. The quantitative estimate of drug-likeness (QED) is 0.898. The first-order chi connectivity index (χ1) is 9.43. The molecular formula is C13H18N4O3. The van der Waals surface area contributed by atoms with Gasteiger partial charge >= 0.3 is 0 Å². The van der Waals surface area contributed by atoms with E-state index in [4.69, 9.17) is 4.52 Å². The average molecular weight is 278 g/mol. The predicted molar refractivity (Wildman–Crippen MR) is 73.4 cm³/mol. The van der Waals surface area contributed by atoms with Gasteiger partial charge in [-0.15, -0.1) is 0 Å². The lowest BCUT2D eigenvalue weighted by Crippen LogP contribution is -2.38. The zero-order valence-corrected chi connectivity index (χ0v) is 12.1. The predicted octanol–water partition coefficient (Wildman–Crippen LogP) is 0.916. The number of aromatic nitrogens is 3. The second kappa shape index (κ2) is 5.44. The molecule has 1 amide bonds. The summed E-state index contributed by atoms with van der Waals surface area (Å²) in [6.07, 6.45) is 0.835. The van der Waals surface area contributed by atoms with Crippen LogP contribution in [0.3, 0.4) is 0 Å². The maximum Gasteiger partial charge on any atom is 0.267 e. The Labute approximate surface area is 116 Å². The molecule has 0 aliphatic heterocycles. The first kappa shape index (κ1) is 14.2. The Balaban J connectivity index is 2.37. The number of fused-ring (bicyclic) bond motifs is 1. The molecular weight excluding hydrogens is 260 g/mol. The van der Waals surface area contributed by atoms with Gasteiger partial charge in [0.05, 0.1) is 5.69 Å². The fraction of sp³-hybridized carbons (Fsp3) is 0.538. The highest BCUT2D eigenvalue weighted by molar-refractivity contribution is 5.78. The molecule has 0 fully saturated rings. The second-order valence-corrected chi connectivity index (χ2v) is 4.88. The van der Waals surface area contributed by atoms with Crippen molar-refractivity contribution in [3.05, 3.63) is 21.9 Å². The number of amides is 1. The molecule has 108 valence electrons. The third kappa shape index (κ3) is 2.56. The van der Waals surface area contributed by atoms with Crippen LogP contribution in [0.4, 0.5) is 0 Å². The molecule has 2 heterocycles. The summed E-state index contributed by atoms with van der Waals surface area (Å²) in [5.74, 6) is 0.220. The van der Waals surface area contributed by atoms with Crippen molar-refractivity contribution in [1.29, 1.82) is 0 Å². The summed E-state index contributed by atoms with van der Waals surface area (Å²) in [5, 5.41) is 6.88. The van der Waals surface area contributed by atoms with Gasteiger partial charge in [-0.25, -0.2) is 0 Å². The minimum atomic E-state index is -0.300. The zero-order valence-electron chi connectivity index (χ0n) is 12.1. The van der Waals surface area contributed by atoms with Crippen LogP contribution in [-0.4, -0.2) is 26.7 Å². The molecule has 0 unspecified atom stereocenters. The van der Waals surface area contributed by atoms with Crippen molar-refractivity contribution in [1.82, 2.24) is 20.0 Å². The molecule has 0 aliphatic carbocycles. The van der Waals surface area contributed by atoms with E-state index in [1.54, 1.807) is 13.8 Å². The van der Waals surface area contributed by atoms with Crippen molar-refractivity contribution in [3.63, 3.8) is 0 Å². The van der Waals surface area contributed by atoms with E-state index >= 15 is 0 Å². The summed E-state index contributed by atoms with van der Waals surface area (Å²) >= 11 is 0. The van der Waals surface area contributed by atoms with Crippen LogP contribution in [-0.2, 0) is 11.3 Å². The van der Waals surface area contributed by atoms with Crippen molar-refractivity contribution >= 4 is 17.0 Å². The van der Waals surface area contributed by atoms with Gasteiger partial charge in [-0.1, -0.05) is 12.1 Å². The van der Waals surface area contributed by atoms with E-state index in [0.717, 1.165) is 6.42 Å². The molecule has 1 atom stereocenters. The standard InChI is InChI=1S/C13H18N4O3/c1-5-7(2)14-10(18)6-17-9(4)15-12-11(13(17)19)8(3)16-20-12/h7H,5-6H2,1-4H3,(H,14,18)/t7-/m1/s1. The Morgan fingerprint density at radius 3 is 2.80 bits per heavy atom. The van der Waals surface area contributed by atoms with Crippen molar-refractivity contribution in [2.75, 3.05) is 0 Å². The van der Waals surface area contributed by atoms with Crippen LogP contribution in [0.5, 0.6) is 0 Å². The van der Waals surface area contributed by atoms with Gasteiger partial charge in [-0.2, -0.15) is 4.98 Å². The van der Waals surface area contributed by atoms with E-state index in [1.807, 2.05) is 13.8 Å². The molecule has 0 radical (unpaired) electrons. The van der Waals surface area contributed by atoms with E-state index in [0.29, 0.717) is 16.9 Å². The van der Waals surface area contributed by atoms with Crippen LogP contribution >= 0.6 is 0 Å². The van der Waals surface area contributed by atoms with Gasteiger partial charge in [0.2, 0.25) is 5.91 Å². The van der Waals surface area contributed by atoms with E-state index in [-0.39, 0.29) is 29.8 Å². The Kier molecular flexibility index (Phi) is 3.87. The van der Waals surface area contributed by atoms with Crippen LogP contribution < -0.4 is 10.9 Å². The van der Waals surface area contributed by atoms with Crippen LogP contribution in [0, 0.1) is 13.8 Å². The number of aryl methyl sites for hydroxylation is 2. The molecule has 0 spiro atoms. The molecule has 0 aromatic carbocycles. The van der Waals surface area contributed by atoms with E-state index < -0.39 is 0 Å². The number of nitrogens with one attached hydrogen (secondary N) is 1. The Bertz CT molecular complexity index is 701. The molecule has 2 aromatic heterocycles. The fourth-order valence-corrected chi connectivity index (χ4v) is 1.92. The SMILES string of the molecule is CC[C@@H](C)NC(=O)Cn1c(C)nc2onc(C)c2c1=O. The third-order valence-corrected chi connectivity index (χ3v) is 3.28. The Morgan fingerprint density at radius 2 is 2.15 bits per heavy atom. The van der Waals surface area contributed by atoms with Gasteiger partial charge in [0.15, 0.2) is 0 Å². The first-order valence-corrected chi connectivity index (χ1v) is 6.56. The van der Waals surface area contributed by atoms with Crippen LogP contribution in [0.1, 0.15) is 31.8 Å². The van der Waals surface area contributed by atoms with Crippen LogP contribution in [0.25, 0.3) is 11.1 Å². The van der Waals surface area contributed by atoms with Gasteiger partial charge in [0.1, 0.15) is 17.8 Å². The molecule has 7 heteroatoms. The number of rotatable bonds is 4. The van der Waals surface area contributed by atoms with Crippen molar-refractivity contribution in [2.45, 2.75) is 46.7 Å². The second-order valence-electron chi connectivity index (χ2n) is 4.88. The molecule has 0 saturated heterocycles. The lowest BCUT2D eigenvalue weighted by molar-refractivity contribution is -0.122. The summed E-state index contributed by atoms with van der Waals surface area (Å²) in [4.78, 5) is 28.4. The molecule has 2 rings (SSSR count). The number of hydrogen-bond acceptors (Lipinski definition) is 5.